The van der Waals surface area contributed by atoms with Gasteiger partial charge in [0.05, 0.1) is 31.9 Å². The Kier molecular flexibility index (Phi) is 10.4. The molecule has 0 radical (unpaired) electrons. The number of aromatic nitrogens is 1. The Morgan fingerprint density at radius 3 is 2.40 bits per heavy atom. The first-order valence-corrected chi connectivity index (χ1v) is 18.5. The van der Waals surface area contributed by atoms with Crippen molar-refractivity contribution in [1.82, 2.24) is 9.88 Å². The molecule has 2 heterocycles. The zero-order valence-electron chi connectivity index (χ0n) is 28.2. The van der Waals surface area contributed by atoms with Crippen LogP contribution in [0.2, 0.25) is 18.1 Å². The number of ether oxygens (including phenoxy) is 3. The number of fused-ring (bicyclic) bond motifs is 1. The number of pyridine rings is 1. The highest BCUT2D eigenvalue weighted by atomic mass is 28.4. The quantitative estimate of drug-likeness (QED) is 0.173. The van der Waals surface area contributed by atoms with Crippen molar-refractivity contribution in [3.63, 3.8) is 0 Å². The highest BCUT2D eigenvalue weighted by molar-refractivity contribution is 6.74. The van der Waals surface area contributed by atoms with Gasteiger partial charge < -0.3 is 23.5 Å². The van der Waals surface area contributed by atoms with E-state index in [0.29, 0.717) is 18.7 Å². The van der Waals surface area contributed by atoms with Gasteiger partial charge in [-0.2, -0.15) is 0 Å². The molecule has 0 saturated carbocycles. The van der Waals surface area contributed by atoms with Crippen molar-refractivity contribution in [1.29, 1.82) is 0 Å². The Balaban J connectivity index is 1.57. The summed E-state index contributed by atoms with van der Waals surface area (Å²) in [5, 5.41) is -0.0140. The number of nitrogens with zero attached hydrogens (tertiary/aromatic N) is 2. The van der Waals surface area contributed by atoms with E-state index in [1.54, 1.807) is 17.2 Å². The van der Waals surface area contributed by atoms with Crippen LogP contribution in [0.4, 0.5) is 4.79 Å². The van der Waals surface area contributed by atoms with Gasteiger partial charge in [-0.1, -0.05) is 45.0 Å². The second-order valence-electron chi connectivity index (χ2n) is 14.2. The van der Waals surface area contributed by atoms with Crippen LogP contribution in [0, 0.1) is 0 Å². The highest BCUT2D eigenvalue weighted by Crippen LogP contribution is 2.40. The van der Waals surface area contributed by atoms with Gasteiger partial charge in [0, 0.05) is 12.4 Å². The molecule has 0 bridgehead atoms. The first-order valence-electron chi connectivity index (χ1n) is 15.6. The summed E-state index contributed by atoms with van der Waals surface area (Å²) in [6.45, 7) is 17.4. The molecular weight excluding hydrogens is 584 g/mol. The van der Waals surface area contributed by atoms with Crippen LogP contribution in [-0.2, 0) is 20.3 Å². The van der Waals surface area contributed by atoms with Crippen molar-refractivity contribution >= 4 is 20.4 Å². The summed E-state index contributed by atoms with van der Waals surface area (Å²) in [6.07, 6.45) is 4.10. The average molecular weight is 633 g/mol. The van der Waals surface area contributed by atoms with Gasteiger partial charge in [-0.05, 0) is 104 Å². The summed E-state index contributed by atoms with van der Waals surface area (Å²) >= 11 is 0. The largest absolute Gasteiger partial charge is 0.488 e. The van der Waals surface area contributed by atoms with Gasteiger partial charge in [-0.15, -0.1) is 0 Å². The van der Waals surface area contributed by atoms with E-state index in [0.717, 1.165) is 40.8 Å². The van der Waals surface area contributed by atoms with Gasteiger partial charge in [0.2, 0.25) is 0 Å². The summed E-state index contributed by atoms with van der Waals surface area (Å²) in [5.41, 5.74) is 3.80. The molecule has 0 spiro atoms. The first kappa shape index (κ1) is 34.2. The van der Waals surface area contributed by atoms with Crippen molar-refractivity contribution in [3.8, 4) is 16.9 Å². The third-order valence-corrected chi connectivity index (χ3v) is 13.0. The molecule has 1 aromatic heterocycles. The van der Waals surface area contributed by atoms with Crippen LogP contribution < -0.4 is 4.74 Å². The Labute approximate surface area is 269 Å². The van der Waals surface area contributed by atoms with Crippen LogP contribution in [0.5, 0.6) is 5.75 Å². The van der Waals surface area contributed by atoms with Gasteiger partial charge in [0.15, 0.2) is 8.32 Å². The van der Waals surface area contributed by atoms with E-state index in [4.69, 9.17) is 18.6 Å². The van der Waals surface area contributed by atoms with Crippen LogP contribution in [0.25, 0.3) is 11.1 Å². The van der Waals surface area contributed by atoms with E-state index in [-0.39, 0.29) is 23.2 Å². The minimum Gasteiger partial charge on any atom is -0.488 e. The van der Waals surface area contributed by atoms with E-state index < -0.39 is 20.0 Å². The van der Waals surface area contributed by atoms with Crippen molar-refractivity contribution < 1.29 is 28.2 Å². The summed E-state index contributed by atoms with van der Waals surface area (Å²) in [5.74, 6) is 0.431. The number of carbonyl (C=O) groups is 2. The Morgan fingerprint density at radius 1 is 1.02 bits per heavy atom. The molecule has 9 heteroatoms. The maximum Gasteiger partial charge on any atom is 0.410 e. The summed E-state index contributed by atoms with van der Waals surface area (Å²) in [4.78, 5) is 31.8. The van der Waals surface area contributed by atoms with Gasteiger partial charge >= 0.3 is 12.1 Å². The normalized spacial score (nSPS) is 15.8. The van der Waals surface area contributed by atoms with Crippen LogP contribution in [0.3, 0.4) is 0 Å². The van der Waals surface area contributed by atoms with Crippen molar-refractivity contribution in [2.75, 3.05) is 20.2 Å². The lowest BCUT2D eigenvalue weighted by molar-refractivity contribution is 0.00490. The summed E-state index contributed by atoms with van der Waals surface area (Å²) in [6, 6.07) is 17.4. The molecule has 1 aliphatic heterocycles. The molecule has 0 unspecified atom stereocenters. The molecule has 1 amide bonds. The minimum absolute atomic E-state index is 0.0140. The second-order valence-corrected chi connectivity index (χ2v) is 19.0. The molecule has 45 heavy (non-hydrogen) atoms. The van der Waals surface area contributed by atoms with Gasteiger partial charge in [-0.25, -0.2) is 9.59 Å². The smallest absolute Gasteiger partial charge is 0.410 e. The lowest BCUT2D eigenvalue weighted by Gasteiger charge is -2.41. The van der Waals surface area contributed by atoms with Gasteiger partial charge in [0.25, 0.3) is 0 Å². The highest BCUT2D eigenvalue weighted by Gasteiger charge is 2.41. The standard InChI is InChI=1S/C36H48N2O6Si/c1-35(2,3)43-34(40)38(24-32(29-14-11-19-37-22-29)44-45(8,9)36(4,5)6)23-30-17-15-27-20-26(16-18-31(27)42-30)25-12-10-13-28(21-25)33(39)41-7/h10-14,16,18-22,30,32H,15,17,23-24H2,1-9H3/t30-,32+/m1/s1. The molecule has 242 valence electrons. The van der Waals surface area contributed by atoms with Crippen LogP contribution in [0.1, 0.15) is 75.6 Å². The van der Waals surface area contributed by atoms with Crippen LogP contribution in [0.15, 0.2) is 67.0 Å². The number of rotatable bonds is 9. The lowest BCUT2D eigenvalue weighted by atomic mass is 9.96. The van der Waals surface area contributed by atoms with E-state index in [1.165, 1.54) is 7.11 Å². The Morgan fingerprint density at radius 2 is 1.76 bits per heavy atom. The number of esters is 1. The average Bonchev–Trinajstić information content (AvgIpc) is 2.98. The minimum atomic E-state index is -2.21. The zero-order valence-corrected chi connectivity index (χ0v) is 29.2. The fraction of sp³-hybridized carbons (Fsp3) is 0.472. The van der Waals surface area contributed by atoms with Gasteiger partial charge in [-0.3, -0.25) is 4.98 Å². The number of aryl methyl sites for hydroxylation is 1. The molecule has 0 fully saturated rings. The monoisotopic (exact) mass is 632 g/mol. The number of benzene rings is 2. The summed E-state index contributed by atoms with van der Waals surface area (Å²) < 4.78 is 24.2. The molecule has 1 aliphatic rings. The molecular formula is C36H48N2O6Si. The number of hydrogen-bond acceptors (Lipinski definition) is 7. The van der Waals surface area contributed by atoms with E-state index in [1.807, 2.05) is 69.4 Å². The molecule has 2 atom stereocenters. The fourth-order valence-corrected chi connectivity index (χ4v) is 6.28. The summed E-state index contributed by atoms with van der Waals surface area (Å²) in [7, 11) is -0.827. The van der Waals surface area contributed by atoms with Crippen LogP contribution in [-0.4, -0.2) is 62.2 Å². The zero-order chi connectivity index (χ0) is 33.0. The topological polar surface area (TPSA) is 87.2 Å². The number of methoxy groups -OCH3 is 1. The van der Waals surface area contributed by atoms with Crippen molar-refractivity contribution in [2.24, 2.45) is 0 Å². The second kappa shape index (κ2) is 13.7. The lowest BCUT2D eigenvalue weighted by Crippen LogP contribution is -2.48. The third-order valence-electron chi connectivity index (χ3n) is 8.47. The van der Waals surface area contributed by atoms with E-state index in [2.05, 4.69) is 44.9 Å². The predicted molar refractivity (Wildman–Crippen MR) is 179 cm³/mol. The van der Waals surface area contributed by atoms with E-state index >= 15 is 0 Å². The molecule has 0 aliphatic carbocycles. The first-order chi connectivity index (χ1) is 21.1. The van der Waals surface area contributed by atoms with Crippen LogP contribution >= 0.6 is 0 Å². The fourth-order valence-electron chi connectivity index (χ4n) is 5.00. The molecule has 0 N–H and O–H groups in total. The van der Waals surface area contributed by atoms with Gasteiger partial charge in [0.1, 0.15) is 17.5 Å². The van der Waals surface area contributed by atoms with Crippen molar-refractivity contribution in [3.05, 3.63) is 83.7 Å². The SMILES string of the molecule is COC(=O)c1cccc(-c2ccc3c(c2)CC[C@H](CN(C[C@H](O[Si](C)(C)C(C)(C)C)c2cccnc2)C(=O)OC(C)(C)C)O3)c1. The maximum atomic E-state index is 13.7. The molecule has 0 saturated heterocycles. The van der Waals surface area contributed by atoms with Crippen molar-refractivity contribution in [2.45, 2.75) is 90.3 Å². The molecule has 8 nitrogen and oxygen atoms in total. The maximum absolute atomic E-state index is 13.7. The Bertz CT molecular complexity index is 1480. The number of amides is 1. The predicted octanol–water partition coefficient (Wildman–Crippen LogP) is 8.23. The molecule has 4 rings (SSSR count). The van der Waals surface area contributed by atoms with E-state index in [9.17, 15) is 9.59 Å². The Hall–Kier alpha value is -3.69. The third kappa shape index (κ3) is 8.95. The molecule has 2 aromatic carbocycles. The number of carbonyl (C=O) groups excluding carboxylic acids is 2. The number of hydrogen-bond donors (Lipinski definition) is 0. The molecule has 3 aromatic rings.